The Hall–Kier alpha value is -3.02. The van der Waals surface area contributed by atoms with Gasteiger partial charge in [0.05, 0.1) is 17.5 Å². The molecule has 4 rings (SSSR count). The van der Waals surface area contributed by atoms with Crippen molar-refractivity contribution in [2.75, 3.05) is 23.7 Å². The molecule has 0 bridgehead atoms. The van der Waals surface area contributed by atoms with Gasteiger partial charge in [0.25, 0.3) is 0 Å². The van der Waals surface area contributed by atoms with Gasteiger partial charge in [0, 0.05) is 24.7 Å². The maximum atomic E-state index is 9.71. The van der Waals surface area contributed by atoms with Crippen LogP contribution >= 0.6 is 11.3 Å². The molecule has 136 valence electrons. The number of nitriles is 1. The zero-order valence-corrected chi connectivity index (χ0v) is 15.4. The van der Waals surface area contributed by atoms with Gasteiger partial charge in [0.2, 0.25) is 0 Å². The molecule has 1 saturated heterocycles. The average Bonchev–Trinajstić information content (AvgIpc) is 3.23. The Bertz CT molecular complexity index is 990. The van der Waals surface area contributed by atoms with Crippen LogP contribution in [0.15, 0.2) is 35.8 Å². The molecule has 3 N–H and O–H groups in total. The molecular weight excluding hydrogens is 360 g/mol. The number of aliphatic hydroxyl groups excluding tert-OH is 1. The molecule has 4 heterocycles. The van der Waals surface area contributed by atoms with Gasteiger partial charge in [-0.15, -0.1) is 11.3 Å². The fraction of sp³-hybridized carbons (Fsp3) is 0.263. The van der Waals surface area contributed by atoms with E-state index < -0.39 is 0 Å². The Balaban J connectivity index is 1.77. The first-order valence-electron chi connectivity index (χ1n) is 8.66. The van der Waals surface area contributed by atoms with Crippen LogP contribution < -0.4 is 10.6 Å². The van der Waals surface area contributed by atoms with Crippen LogP contribution in [0.1, 0.15) is 18.4 Å². The van der Waals surface area contributed by atoms with E-state index in [9.17, 15) is 10.4 Å². The molecule has 0 aromatic carbocycles. The van der Waals surface area contributed by atoms with Crippen LogP contribution in [0.3, 0.4) is 0 Å². The second kappa shape index (κ2) is 7.31. The highest BCUT2D eigenvalue weighted by Crippen LogP contribution is 2.31. The summed E-state index contributed by atoms with van der Waals surface area (Å²) in [7, 11) is 0. The van der Waals surface area contributed by atoms with E-state index in [1.54, 1.807) is 12.3 Å². The minimum atomic E-state index is -0.244. The number of nitrogens with zero attached hydrogens (tertiary/aromatic N) is 5. The quantitative estimate of drug-likeness (QED) is 0.720. The minimum absolute atomic E-state index is 0.244. The molecule has 0 saturated carbocycles. The van der Waals surface area contributed by atoms with E-state index in [1.807, 2.05) is 23.6 Å². The minimum Gasteiger partial charge on any atom is -0.398 e. The Morgan fingerprint density at radius 3 is 2.74 bits per heavy atom. The third kappa shape index (κ3) is 3.47. The molecule has 0 spiro atoms. The highest BCUT2D eigenvalue weighted by Gasteiger charge is 2.20. The average molecular weight is 378 g/mol. The number of anilines is 2. The van der Waals surface area contributed by atoms with Crippen molar-refractivity contribution in [3.63, 3.8) is 0 Å². The lowest BCUT2D eigenvalue weighted by molar-refractivity contribution is 0.145. The molecular formula is C19H18N6OS. The number of aliphatic hydroxyl groups is 1. The molecule has 1 aliphatic rings. The highest BCUT2D eigenvalue weighted by molar-refractivity contribution is 7.13. The van der Waals surface area contributed by atoms with Crippen molar-refractivity contribution in [3.05, 3.63) is 41.4 Å². The predicted octanol–water partition coefficient (Wildman–Crippen LogP) is 2.68. The Kier molecular flexibility index (Phi) is 4.71. The highest BCUT2D eigenvalue weighted by atomic mass is 32.1. The van der Waals surface area contributed by atoms with Crippen LogP contribution in [0.5, 0.6) is 0 Å². The number of hydrogen-bond acceptors (Lipinski definition) is 8. The van der Waals surface area contributed by atoms with Gasteiger partial charge in [-0.25, -0.2) is 15.0 Å². The lowest BCUT2D eigenvalue weighted by atomic mass is 10.1. The fourth-order valence-electron chi connectivity index (χ4n) is 3.15. The predicted molar refractivity (Wildman–Crippen MR) is 105 cm³/mol. The number of nitrogens with two attached hydrogens (primary N) is 1. The van der Waals surface area contributed by atoms with Crippen molar-refractivity contribution in [3.8, 4) is 28.2 Å². The third-order valence-electron chi connectivity index (χ3n) is 4.58. The van der Waals surface area contributed by atoms with Gasteiger partial charge in [0.1, 0.15) is 33.8 Å². The molecule has 0 radical (unpaired) electrons. The summed E-state index contributed by atoms with van der Waals surface area (Å²) >= 11 is 1.46. The molecule has 0 amide bonds. The van der Waals surface area contributed by atoms with Gasteiger partial charge in [-0.3, -0.25) is 0 Å². The molecule has 7 nitrogen and oxygen atoms in total. The van der Waals surface area contributed by atoms with Crippen molar-refractivity contribution in [1.82, 2.24) is 15.0 Å². The summed E-state index contributed by atoms with van der Waals surface area (Å²) in [6, 6.07) is 9.49. The maximum Gasteiger partial charge on any atom is 0.141 e. The largest absolute Gasteiger partial charge is 0.398 e. The number of piperidine rings is 1. The van der Waals surface area contributed by atoms with Crippen molar-refractivity contribution in [2.24, 2.45) is 0 Å². The summed E-state index contributed by atoms with van der Waals surface area (Å²) in [5.74, 6) is 0.809. The number of nitrogen functional groups attached to an aromatic ring is 1. The molecule has 27 heavy (non-hydrogen) atoms. The summed E-state index contributed by atoms with van der Waals surface area (Å²) in [5, 5.41) is 21.9. The molecule has 0 unspecified atom stereocenters. The van der Waals surface area contributed by atoms with E-state index in [2.05, 4.69) is 20.9 Å². The van der Waals surface area contributed by atoms with Gasteiger partial charge in [-0.05, 0) is 31.0 Å². The van der Waals surface area contributed by atoms with Crippen LogP contribution in [0.4, 0.5) is 11.5 Å². The lowest BCUT2D eigenvalue weighted by Gasteiger charge is -2.30. The Morgan fingerprint density at radius 2 is 2.04 bits per heavy atom. The molecule has 1 aliphatic heterocycles. The van der Waals surface area contributed by atoms with Crippen molar-refractivity contribution in [1.29, 1.82) is 5.26 Å². The van der Waals surface area contributed by atoms with Gasteiger partial charge < -0.3 is 15.7 Å². The standard InChI is InChI=1S/C19H18N6OS/c20-11-13-14(21)10-16(19-22-6-9-27-19)24-18(13)15-2-1-3-17(23-15)25-7-4-12(26)5-8-25/h1-3,6,9-10,12,26H,4-5,7-8H2,(H2,21,24). The van der Waals surface area contributed by atoms with Gasteiger partial charge >= 0.3 is 0 Å². The van der Waals surface area contributed by atoms with Crippen molar-refractivity contribution < 1.29 is 5.11 Å². The summed E-state index contributed by atoms with van der Waals surface area (Å²) in [5.41, 5.74) is 8.48. The van der Waals surface area contributed by atoms with Gasteiger partial charge in [-0.2, -0.15) is 5.26 Å². The maximum absolute atomic E-state index is 9.71. The first-order valence-corrected chi connectivity index (χ1v) is 9.54. The van der Waals surface area contributed by atoms with E-state index >= 15 is 0 Å². The smallest absolute Gasteiger partial charge is 0.141 e. The second-order valence-electron chi connectivity index (χ2n) is 6.37. The number of thiazole rings is 1. The summed E-state index contributed by atoms with van der Waals surface area (Å²) < 4.78 is 0. The monoisotopic (exact) mass is 378 g/mol. The van der Waals surface area contributed by atoms with E-state index in [-0.39, 0.29) is 6.10 Å². The molecule has 3 aromatic rings. The summed E-state index contributed by atoms with van der Waals surface area (Å²) in [6.45, 7) is 1.49. The lowest BCUT2D eigenvalue weighted by Crippen LogP contribution is -2.36. The van der Waals surface area contributed by atoms with Crippen LogP contribution in [0.2, 0.25) is 0 Å². The summed E-state index contributed by atoms with van der Waals surface area (Å²) in [6.07, 6.45) is 2.91. The van der Waals surface area contributed by atoms with Gasteiger partial charge in [0.15, 0.2) is 0 Å². The van der Waals surface area contributed by atoms with E-state index in [4.69, 9.17) is 10.7 Å². The van der Waals surface area contributed by atoms with Crippen LogP contribution in [0.25, 0.3) is 22.1 Å². The molecule has 1 fully saturated rings. The second-order valence-corrected chi connectivity index (χ2v) is 7.26. The molecule has 3 aromatic heterocycles. The Labute approximate surface area is 160 Å². The SMILES string of the molecule is N#Cc1c(N)cc(-c2nccs2)nc1-c1cccc(N2CCC(O)CC2)n1. The van der Waals surface area contributed by atoms with Crippen molar-refractivity contribution in [2.45, 2.75) is 18.9 Å². The van der Waals surface area contributed by atoms with E-state index in [1.165, 1.54) is 11.3 Å². The molecule has 0 atom stereocenters. The van der Waals surface area contributed by atoms with Crippen LogP contribution in [-0.4, -0.2) is 39.3 Å². The number of hydrogen-bond donors (Lipinski definition) is 2. The normalized spacial score (nSPS) is 14.9. The molecule has 8 heteroatoms. The summed E-state index contributed by atoms with van der Waals surface area (Å²) in [4.78, 5) is 15.8. The zero-order chi connectivity index (χ0) is 18.8. The van der Waals surface area contributed by atoms with Crippen LogP contribution in [0, 0.1) is 11.3 Å². The number of rotatable bonds is 3. The topological polar surface area (TPSA) is 112 Å². The first-order chi connectivity index (χ1) is 13.2. The zero-order valence-electron chi connectivity index (χ0n) is 14.5. The number of pyridine rings is 2. The van der Waals surface area contributed by atoms with Crippen molar-refractivity contribution >= 4 is 22.8 Å². The van der Waals surface area contributed by atoms with E-state index in [0.717, 1.165) is 36.8 Å². The van der Waals surface area contributed by atoms with Crippen LogP contribution in [-0.2, 0) is 0 Å². The fourth-order valence-corrected chi connectivity index (χ4v) is 3.75. The molecule has 0 aliphatic carbocycles. The first kappa shape index (κ1) is 17.4. The number of aromatic nitrogens is 3. The van der Waals surface area contributed by atoms with Gasteiger partial charge in [-0.1, -0.05) is 6.07 Å². The van der Waals surface area contributed by atoms with E-state index in [0.29, 0.717) is 28.3 Å². The third-order valence-corrected chi connectivity index (χ3v) is 5.37. The Morgan fingerprint density at radius 1 is 1.22 bits per heavy atom.